The Kier molecular flexibility index (Phi) is 3.65. The number of amides is 1. The molecular formula is C20H21N5O2. The molecule has 1 aromatic carbocycles. The molecule has 2 bridgehead atoms. The molecule has 5 rings (SSSR count). The smallest absolute Gasteiger partial charge is 0.254 e. The standard InChI is InChI=1S/C20H21N5O2/c1-11-18-16(20(27)25-9-13-4-5-14(10-25)21-13)8-17(22-19(18)24-23-11)12-2-6-15(26)7-3-12/h2-3,6-8,13-14,21,26H,4-5,9-10H2,1H3,(H,22,23,24). The lowest BCUT2D eigenvalue weighted by atomic mass is 10.0. The molecule has 4 heterocycles. The van der Waals surface area contributed by atoms with Crippen LogP contribution in [0.15, 0.2) is 30.3 Å². The van der Waals surface area contributed by atoms with E-state index in [9.17, 15) is 9.90 Å². The number of H-pyrrole nitrogens is 1. The maximum atomic E-state index is 13.4. The van der Waals surface area contributed by atoms with Crippen molar-refractivity contribution in [3.8, 4) is 17.0 Å². The van der Waals surface area contributed by atoms with Gasteiger partial charge in [-0.25, -0.2) is 4.98 Å². The number of pyridine rings is 1. The summed E-state index contributed by atoms with van der Waals surface area (Å²) in [6.07, 6.45) is 2.26. The Morgan fingerprint density at radius 2 is 1.89 bits per heavy atom. The molecule has 138 valence electrons. The number of phenols is 1. The minimum atomic E-state index is 0.0327. The van der Waals surface area contributed by atoms with Crippen LogP contribution >= 0.6 is 0 Å². The minimum absolute atomic E-state index is 0.0327. The van der Waals surface area contributed by atoms with E-state index < -0.39 is 0 Å². The molecule has 2 aliphatic heterocycles. The molecule has 3 aromatic rings. The Bertz CT molecular complexity index is 1010. The average molecular weight is 363 g/mol. The number of piperazine rings is 1. The van der Waals surface area contributed by atoms with Crippen molar-refractivity contribution in [3.05, 3.63) is 41.6 Å². The highest BCUT2D eigenvalue weighted by atomic mass is 16.3. The summed E-state index contributed by atoms with van der Waals surface area (Å²) < 4.78 is 0. The fourth-order valence-corrected chi connectivity index (χ4v) is 4.27. The largest absolute Gasteiger partial charge is 0.508 e. The predicted octanol–water partition coefficient (Wildman–Crippen LogP) is 2.22. The van der Waals surface area contributed by atoms with E-state index in [-0.39, 0.29) is 11.7 Å². The molecule has 0 radical (unpaired) electrons. The third-order valence-electron chi connectivity index (χ3n) is 5.61. The first-order chi connectivity index (χ1) is 13.1. The number of likely N-dealkylation sites (tertiary alicyclic amines) is 1. The number of aromatic hydroxyl groups is 1. The van der Waals surface area contributed by atoms with Gasteiger partial charge in [0.05, 0.1) is 22.3 Å². The molecule has 2 aliphatic rings. The summed E-state index contributed by atoms with van der Waals surface area (Å²) in [5, 5.41) is 21.1. The van der Waals surface area contributed by atoms with Gasteiger partial charge < -0.3 is 15.3 Å². The van der Waals surface area contributed by atoms with E-state index in [0.29, 0.717) is 29.0 Å². The molecule has 2 fully saturated rings. The zero-order valence-corrected chi connectivity index (χ0v) is 15.1. The van der Waals surface area contributed by atoms with Crippen LogP contribution in [0.5, 0.6) is 5.75 Å². The van der Waals surface area contributed by atoms with Crippen LogP contribution in [0.4, 0.5) is 0 Å². The van der Waals surface area contributed by atoms with Crippen molar-refractivity contribution in [2.75, 3.05) is 13.1 Å². The number of benzene rings is 1. The van der Waals surface area contributed by atoms with Crippen molar-refractivity contribution in [1.82, 2.24) is 25.4 Å². The second-order valence-electron chi connectivity index (χ2n) is 7.48. The van der Waals surface area contributed by atoms with Crippen molar-refractivity contribution >= 4 is 16.9 Å². The number of aromatic amines is 1. The lowest BCUT2D eigenvalue weighted by Gasteiger charge is -2.33. The number of hydrogen-bond acceptors (Lipinski definition) is 5. The third kappa shape index (κ3) is 2.75. The molecule has 0 saturated carbocycles. The maximum absolute atomic E-state index is 13.4. The Morgan fingerprint density at radius 3 is 2.59 bits per heavy atom. The Labute approximate surface area is 156 Å². The first-order valence-electron chi connectivity index (χ1n) is 9.29. The monoisotopic (exact) mass is 363 g/mol. The topological polar surface area (TPSA) is 94.1 Å². The van der Waals surface area contributed by atoms with Gasteiger partial charge in [-0.2, -0.15) is 5.10 Å². The van der Waals surface area contributed by atoms with Gasteiger partial charge in [0.1, 0.15) is 5.75 Å². The van der Waals surface area contributed by atoms with E-state index >= 15 is 0 Å². The van der Waals surface area contributed by atoms with Crippen LogP contribution in [0.2, 0.25) is 0 Å². The van der Waals surface area contributed by atoms with Gasteiger partial charge >= 0.3 is 0 Å². The van der Waals surface area contributed by atoms with Gasteiger partial charge in [0, 0.05) is 30.7 Å². The highest BCUT2D eigenvalue weighted by Gasteiger charge is 2.35. The number of aryl methyl sites for hydroxylation is 1. The first-order valence-corrected chi connectivity index (χ1v) is 9.29. The molecule has 2 atom stereocenters. The highest BCUT2D eigenvalue weighted by Crippen LogP contribution is 2.29. The van der Waals surface area contributed by atoms with Gasteiger partial charge in [0.2, 0.25) is 0 Å². The minimum Gasteiger partial charge on any atom is -0.508 e. The molecule has 0 aliphatic carbocycles. The van der Waals surface area contributed by atoms with Crippen LogP contribution in [0.25, 0.3) is 22.3 Å². The van der Waals surface area contributed by atoms with Crippen molar-refractivity contribution in [3.63, 3.8) is 0 Å². The van der Waals surface area contributed by atoms with Crippen molar-refractivity contribution in [2.45, 2.75) is 31.8 Å². The van der Waals surface area contributed by atoms with Crippen LogP contribution in [-0.2, 0) is 0 Å². The Hall–Kier alpha value is -2.93. The fraction of sp³-hybridized carbons (Fsp3) is 0.350. The summed E-state index contributed by atoms with van der Waals surface area (Å²) in [5.74, 6) is 0.232. The number of nitrogens with one attached hydrogen (secondary N) is 2. The molecule has 7 nitrogen and oxygen atoms in total. The number of rotatable bonds is 2. The number of nitrogens with zero attached hydrogens (tertiary/aromatic N) is 3. The number of fused-ring (bicyclic) bond motifs is 3. The lowest BCUT2D eigenvalue weighted by Crippen LogP contribution is -2.53. The molecule has 2 aromatic heterocycles. The van der Waals surface area contributed by atoms with E-state index in [1.807, 2.05) is 17.9 Å². The van der Waals surface area contributed by atoms with E-state index in [1.54, 1.807) is 24.3 Å². The average Bonchev–Trinajstić information content (AvgIpc) is 3.22. The van der Waals surface area contributed by atoms with Gasteiger partial charge in [-0.05, 0) is 50.1 Å². The number of phenolic OH excluding ortho intramolecular Hbond substituents is 1. The quantitative estimate of drug-likeness (QED) is 0.649. The molecule has 27 heavy (non-hydrogen) atoms. The number of carbonyl (C=O) groups is 1. The van der Waals surface area contributed by atoms with E-state index in [0.717, 1.165) is 42.6 Å². The van der Waals surface area contributed by atoms with Crippen LogP contribution < -0.4 is 5.32 Å². The summed E-state index contributed by atoms with van der Waals surface area (Å²) in [7, 11) is 0. The summed E-state index contributed by atoms with van der Waals surface area (Å²) in [4.78, 5) is 20.0. The summed E-state index contributed by atoms with van der Waals surface area (Å²) in [6.45, 7) is 3.37. The molecule has 7 heteroatoms. The normalized spacial score (nSPS) is 21.7. The lowest BCUT2D eigenvalue weighted by molar-refractivity contribution is 0.0699. The molecule has 2 unspecified atom stereocenters. The SMILES string of the molecule is Cc1n[nH]c2nc(-c3ccc(O)cc3)cc(C(=O)N3CC4CCC(C3)N4)c12. The zero-order valence-electron chi connectivity index (χ0n) is 15.1. The van der Waals surface area contributed by atoms with Gasteiger partial charge in [-0.15, -0.1) is 0 Å². The summed E-state index contributed by atoms with van der Waals surface area (Å²) >= 11 is 0. The Balaban J connectivity index is 1.60. The Morgan fingerprint density at radius 1 is 1.19 bits per heavy atom. The second-order valence-corrected chi connectivity index (χ2v) is 7.48. The molecule has 0 spiro atoms. The van der Waals surface area contributed by atoms with E-state index in [4.69, 9.17) is 0 Å². The summed E-state index contributed by atoms with van der Waals surface area (Å²) in [5.41, 5.74) is 3.55. The predicted molar refractivity (Wildman–Crippen MR) is 102 cm³/mol. The number of hydrogen-bond donors (Lipinski definition) is 3. The summed E-state index contributed by atoms with van der Waals surface area (Å²) in [6, 6.07) is 9.48. The number of carbonyl (C=O) groups excluding carboxylic acids is 1. The van der Waals surface area contributed by atoms with Crippen LogP contribution in [0.1, 0.15) is 28.9 Å². The van der Waals surface area contributed by atoms with Crippen LogP contribution in [0, 0.1) is 6.92 Å². The van der Waals surface area contributed by atoms with Gasteiger partial charge in [0.15, 0.2) is 5.65 Å². The maximum Gasteiger partial charge on any atom is 0.254 e. The highest BCUT2D eigenvalue weighted by molar-refractivity contribution is 6.07. The van der Waals surface area contributed by atoms with Gasteiger partial charge in [-0.1, -0.05) is 0 Å². The van der Waals surface area contributed by atoms with Crippen LogP contribution in [0.3, 0.4) is 0 Å². The fourth-order valence-electron chi connectivity index (χ4n) is 4.27. The molecular weight excluding hydrogens is 342 g/mol. The molecule has 2 saturated heterocycles. The third-order valence-corrected chi connectivity index (χ3v) is 5.61. The van der Waals surface area contributed by atoms with Gasteiger partial charge in [0.25, 0.3) is 5.91 Å². The first kappa shape index (κ1) is 16.3. The molecule has 3 N–H and O–H groups in total. The van der Waals surface area contributed by atoms with E-state index in [1.165, 1.54) is 0 Å². The molecule has 1 amide bonds. The van der Waals surface area contributed by atoms with Crippen molar-refractivity contribution in [2.24, 2.45) is 0 Å². The van der Waals surface area contributed by atoms with Crippen LogP contribution in [-0.4, -0.2) is 56.3 Å². The number of aromatic nitrogens is 3. The van der Waals surface area contributed by atoms with E-state index in [2.05, 4.69) is 20.5 Å². The van der Waals surface area contributed by atoms with Crippen molar-refractivity contribution < 1.29 is 9.90 Å². The van der Waals surface area contributed by atoms with Crippen molar-refractivity contribution in [1.29, 1.82) is 0 Å². The zero-order chi connectivity index (χ0) is 18.5. The van der Waals surface area contributed by atoms with Gasteiger partial charge in [-0.3, -0.25) is 9.89 Å². The second kappa shape index (κ2) is 6.06.